The first-order chi connectivity index (χ1) is 17.2. The van der Waals surface area contributed by atoms with Crippen LogP contribution < -0.4 is 10.1 Å². The summed E-state index contributed by atoms with van der Waals surface area (Å²) < 4.78 is 18.4. The number of aliphatic hydroxyl groups is 1. The van der Waals surface area contributed by atoms with E-state index in [-0.39, 0.29) is 6.61 Å². The number of benzene rings is 2. The standard InChI is InChI=1S/C26H30N4O4S/c1-2-32-14-15-34-26-28-25(24-9-6-16-35-24)30(29-26)22-12-10-21(11-13-22)27-17-23(31)19-33-18-20-7-4-3-5-8-20/h3-13,16,23,27,31H,2,14-15,17-19H2,1H3/t23-/m0/s1. The van der Waals surface area contributed by atoms with Gasteiger partial charge in [0.1, 0.15) is 6.61 Å². The van der Waals surface area contributed by atoms with Crippen molar-refractivity contribution in [2.45, 2.75) is 19.6 Å². The summed E-state index contributed by atoms with van der Waals surface area (Å²) >= 11 is 1.59. The molecule has 2 N–H and O–H groups in total. The van der Waals surface area contributed by atoms with Gasteiger partial charge in [-0.15, -0.1) is 16.4 Å². The smallest absolute Gasteiger partial charge is 0.336 e. The molecule has 0 saturated carbocycles. The number of hydrogen-bond donors (Lipinski definition) is 2. The van der Waals surface area contributed by atoms with Crippen molar-refractivity contribution >= 4 is 17.0 Å². The lowest BCUT2D eigenvalue weighted by Crippen LogP contribution is -2.24. The van der Waals surface area contributed by atoms with E-state index in [0.29, 0.717) is 39.0 Å². The Hall–Kier alpha value is -3.24. The first-order valence-electron chi connectivity index (χ1n) is 11.6. The molecule has 0 fully saturated rings. The molecule has 2 heterocycles. The average molecular weight is 495 g/mol. The number of anilines is 1. The van der Waals surface area contributed by atoms with Crippen LogP contribution >= 0.6 is 11.3 Å². The summed E-state index contributed by atoms with van der Waals surface area (Å²) in [5.74, 6) is 0.720. The fourth-order valence-electron chi connectivity index (χ4n) is 3.34. The Bertz CT molecular complexity index is 1130. The third kappa shape index (κ3) is 7.37. The van der Waals surface area contributed by atoms with E-state index in [2.05, 4.69) is 15.4 Å². The second-order valence-corrected chi connectivity index (χ2v) is 8.68. The van der Waals surface area contributed by atoms with Gasteiger partial charge in [-0.05, 0) is 48.2 Å². The zero-order valence-electron chi connectivity index (χ0n) is 19.7. The van der Waals surface area contributed by atoms with Gasteiger partial charge in [0, 0.05) is 18.8 Å². The predicted octanol–water partition coefficient (Wildman–Crippen LogP) is 4.40. The number of ether oxygens (including phenoxy) is 3. The number of hydrogen-bond acceptors (Lipinski definition) is 8. The Morgan fingerprint density at radius 2 is 1.83 bits per heavy atom. The van der Waals surface area contributed by atoms with Gasteiger partial charge in [-0.1, -0.05) is 36.4 Å². The van der Waals surface area contributed by atoms with E-state index in [1.54, 1.807) is 16.0 Å². The summed E-state index contributed by atoms with van der Waals surface area (Å²) in [4.78, 5) is 5.58. The van der Waals surface area contributed by atoms with Gasteiger partial charge >= 0.3 is 6.01 Å². The zero-order valence-corrected chi connectivity index (χ0v) is 20.5. The van der Waals surface area contributed by atoms with Gasteiger partial charge in [-0.3, -0.25) is 0 Å². The second-order valence-electron chi connectivity index (χ2n) is 7.73. The van der Waals surface area contributed by atoms with E-state index in [9.17, 15) is 5.11 Å². The first-order valence-corrected chi connectivity index (χ1v) is 12.5. The van der Waals surface area contributed by atoms with Crippen LogP contribution in [-0.4, -0.2) is 58.9 Å². The molecule has 0 saturated heterocycles. The largest absolute Gasteiger partial charge is 0.460 e. The van der Waals surface area contributed by atoms with E-state index in [1.165, 1.54) is 0 Å². The van der Waals surface area contributed by atoms with Crippen LogP contribution in [0, 0.1) is 0 Å². The third-order valence-electron chi connectivity index (χ3n) is 5.07. The molecular formula is C26H30N4O4S. The molecule has 0 bridgehead atoms. The van der Waals surface area contributed by atoms with Crippen molar-refractivity contribution in [3.8, 4) is 22.4 Å². The summed E-state index contributed by atoms with van der Waals surface area (Å²) in [7, 11) is 0. The van der Waals surface area contributed by atoms with Crippen molar-refractivity contribution in [1.82, 2.24) is 14.8 Å². The highest BCUT2D eigenvalue weighted by molar-refractivity contribution is 7.13. The van der Waals surface area contributed by atoms with Crippen LogP contribution in [-0.2, 0) is 16.1 Å². The Labute approximate surface area is 209 Å². The van der Waals surface area contributed by atoms with E-state index < -0.39 is 6.10 Å². The summed E-state index contributed by atoms with van der Waals surface area (Å²) in [6, 6.07) is 22.0. The lowest BCUT2D eigenvalue weighted by atomic mass is 10.2. The maximum Gasteiger partial charge on any atom is 0.336 e. The van der Waals surface area contributed by atoms with Gasteiger partial charge in [-0.2, -0.15) is 4.98 Å². The van der Waals surface area contributed by atoms with Crippen LogP contribution in [0.4, 0.5) is 5.69 Å². The summed E-state index contributed by atoms with van der Waals surface area (Å²) in [5.41, 5.74) is 2.83. The number of nitrogens with one attached hydrogen (secondary N) is 1. The van der Waals surface area contributed by atoms with Gasteiger partial charge < -0.3 is 24.6 Å². The molecule has 0 spiro atoms. The minimum Gasteiger partial charge on any atom is -0.460 e. The normalized spacial score (nSPS) is 11.9. The molecule has 184 valence electrons. The molecule has 1 atom stereocenters. The van der Waals surface area contributed by atoms with Gasteiger partial charge in [0.2, 0.25) is 0 Å². The van der Waals surface area contributed by atoms with Crippen molar-refractivity contribution in [2.24, 2.45) is 0 Å². The molecule has 0 aliphatic rings. The number of aliphatic hydroxyl groups excluding tert-OH is 1. The number of rotatable bonds is 14. The van der Waals surface area contributed by atoms with Crippen molar-refractivity contribution in [3.05, 3.63) is 77.7 Å². The first kappa shape index (κ1) is 24.9. The van der Waals surface area contributed by atoms with Gasteiger partial charge in [0.25, 0.3) is 0 Å². The second kappa shape index (κ2) is 13.0. The van der Waals surface area contributed by atoms with Crippen LogP contribution in [0.1, 0.15) is 12.5 Å². The van der Waals surface area contributed by atoms with Gasteiger partial charge in [0.15, 0.2) is 5.82 Å². The molecule has 35 heavy (non-hydrogen) atoms. The highest BCUT2D eigenvalue weighted by atomic mass is 32.1. The lowest BCUT2D eigenvalue weighted by molar-refractivity contribution is 0.0348. The maximum atomic E-state index is 10.2. The highest BCUT2D eigenvalue weighted by Gasteiger charge is 2.15. The fourth-order valence-corrected chi connectivity index (χ4v) is 4.04. The quantitative estimate of drug-likeness (QED) is 0.251. The minimum atomic E-state index is -0.615. The molecule has 2 aromatic heterocycles. The number of aromatic nitrogens is 3. The van der Waals surface area contributed by atoms with Crippen LogP contribution in [0.3, 0.4) is 0 Å². The average Bonchev–Trinajstić information content (AvgIpc) is 3.57. The summed E-state index contributed by atoms with van der Waals surface area (Å²) in [5, 5.41) is 20.0. The minimum absolute atomic E-state index is 0.259. The number of nitrogens with zero attached hydrogens (tertiary/aromatic N) is 3. The Morgan fingerprint density at radius 3 is 2.57 bits per heavy atom. The molecule has 9 heteroatoms. The molecule has 0 aliphatic heterocycles. The van der Waals surface area contributed by atoms with Crippen LogP contribution in [0.25, 0.3) is 16.4 Å². The topological polar surface area (TPSA) is 90.7 Å². The summed E-state index contributed by atoms with van der Waals surface area (Å²) in [6.45, 7) is 4.59. The zero-order chi connectivity index (χ0) is 24.3. The maximum absolute atomic E-state index is 10.2. The Kier molecular flexibility index (Phi) is 9.24. The van der Waals surface area contributed by atoms with E-state index in [0.717, 1.165) is 27.6 Å². The van der Waals surface area contributed by atoms with Crippen molar-refractivity contribution in [1.29, 1.82) is 0 Å². The molecule has 8 nitrogen and oxygen atoms in total. The molecule has 4 aromatic rings. The SMILES string of the molecule is CCOCCOc1nc(-c2cccs2)n(-c2ccc(NC[C@H](O)COCc3ccccc3)cc2)n1. The molecule has 2 aromatic carbocycles. The molecule has 0 aliphatic carbocycles. The van der Waals surface area contributed by atoms with Gasteiger partial charge in [-0.25, -0.2) is 4.68 Å². The van der Waals surface area contributed by atoms with E-state index in [4.69, 9.17) is 14.2 Å². The van der Waals surface area contributed by atoms with Crippen molar-refractivity contribution in [2.75, 3.05) is 38.3 Å². The van der Waals surface area contributed by atoms with Gasteiger partial charge in [0.05, 0.1) is 36.5 Å². The summed E-state index contributed by atoms with van der Waals surface area (Å²) in [6.07, 6.45) is -0.615. The Morgan fingerprint density at radius 1 is 1.00 bits per heavy atom. The number of thiophene rings is 1. The monoisotopic (exact) mass is 494 g/mol. The molecular weight excluding hydrogens is 464 g/mol. The lowest BCUT2D eigenvalue weighted by Gasteiger charge is -2.14. The van der Waals surface area contributed by atoms with E-state index in [1.807, 2.05) is 79.0 Å². The molecule has 0 amide bonds. The molecule has 0 unspecified atom stereocenters. The van der Waals surface area contributed by atoms with Crippen molar-refractivity contribution < 1.29 is 19.3 Å². The van der Waals surface area contributed by atoms with Crippen LogP contribution in [0.5, 0.6) is 6.01 Å². The van der Waals surface area contributed by atoms with Crippen molar-refractivity contribution in [3.63, 3.8) is 0 Å². The molecule has 0 radical (unpaired) electrons. The fraction of sp³-hybridized carbons (Fsp3) is 0.308. The van der Waals surface area contributed by atoms with Crippen LogP contribution in [0.15, 0.2) is 72.1 Å². The predicted molar refractivity (Wildman–Crippen MR) is 137 cm³/mol. The Balaban J connectivity index is 1.34. The van der Waals surface area contributed by atoms with Crippen LogP contribution in [0.2, 0.25) is 0 Å². The van der Waals surface area contributed by atoms with E-state index >= 15 is 0 Å². The molecule has 4 rings (SSSR count). The third-order valence-corrected chi connectivity index (χ3v) is 5.93. The highest BCUT2D eigenvalue weighted by Crippen LogP contribution is 2.27.